The molecule has 0 aromatic carbocycles. The Hall–Kier alpha value is -0.610. The van der Waals surface area contributed by atoms with E-state index in [4.69, 9.17) is 10.5 Å². The first-order valence-electron chi connectivity index (χ1n) is 7.98. The normalized spacial score (nSPS) is 22.8. The summed E-state index contributed by atoms with van der Waals surface area (Å²) in [5, 5.41) is 0. The highest BCUT2D eigenvalue weighted by atomic mass is 16.5. The van der Waals surface area contributed by atoms with Gasteiger partial charge in [-0.1, -0.05) is 20.8 Å². The van der Waals surface area contributed by atoms with Crippen molar-refractivity contribution in [1.82, 2.24) is 4.90 Å². The monoisotopic (exact) mass is 284 g/mol. The Morgan fingerprint density at radius 3 is 2.65 bits per heavy atom. The van der Waals surface area contributed by atoms with E-state index >= 15 is 0 Å². The van der Waals surface area contributed by atoms with Gasteiger partial charge in [0.1, 0.15) is 0 Å². The maximum atomic E-state index is 12.2. The Bertz CT molecular complexity index is 299. The molecule has 1 heterocycles. The summed E-state index contributed by atoms with van der Waals surface area (Å²) in [6.07, 6.45) is 3.73. The standard InChI is InChI=1S/C16H32N2O2/c1-5-20-14(12-17)9-11-18-10-8-13(16(2,3)4)6-7-15(18)19/h13-14H,5-12,17H2,1-4H3. The molecule has 0 radical (unpaired) electrons. The summed E-state index contributed by atoms with van der Waals surface area (Å²) in [6.45, 7) is 11.7. The van der Waals surface area contributed by atoms with Crippen LogP contribution in [0.5, 0.6) is 0 Å². The number of rotatable bonds is 6. The van der Waals surface area contributed by atoms with Crippen molar-refractivity contribution in [1.29, 1.82) is 0 Å². The Morgan fingerprint density at radius 1 is 1.40 bits per heavy atom. The molecule has 4 nitrogen and oxygen atoms in total. The van der Waals surface area contributed by atoms with Crippen molar-refractivity contribution in [2.75, 3.05) is 26.2 Å². The quantitative estimate of drug-likeness (QED) is 0.815. The molecule has 1 fully saturated rings. The number of carbonyl (C=O) groups is 1. The molecular weight excluding hydrogens is 252 g/mol. The second-order valence-corrected chi connectivity index (χ2v) is 6.87. The zero-order valence-electron chi connectivity index (χ0n) is 13.7. The van der Waals surface area contributed by atoms with E-state index < -0.39 is 0 Å². The van der Waals surface area contributed by atoms with Gasteiger partial charge in [-0.2, -0.15) is 0 Å². The van der Waals surface area contributed by atoms with Crippen LogP contribution in [0.3, 0.4) is 0 Å². The van der Waals surface area contributed by atoms with E-state index in [1.807, 2.05) is 11.8 Å². The third kappa shape index (κ3) is 5.41. The number of nitrogens with two attached hydrogens (primary N) is 1. The van der Waals surface area contributed by atoms with Crippen LogP contribution in [0.4, 0.5) is 0 Å². The molecule has 4 heteroatoms. The molecule has 1 rings (SSSR count). The van der Waals surface area contributed by atoms with Crippen LogP contribution in [0, 0.1) is 11.3 Å². The van der Waals surface area contributed by atoms with Crippen LogP contribution < -0.4 is 5.73 Å². The van der Waals surface area contributed by atoms with Crippen LogP contribution in [0.25, 0.3) is 0 Å². The van der Waals surface area contributed by atoms with Crippen molar-refractivity contribution in [3.63, 3.8) is 0 Å². The number of hydrogen-bond acceptors (Lipinski definition) is 3. The Kier molecular flexibility index (Phi) is 6.96. The largest absolute Gasteiger partial charge is 0.377 e. The molecule has 0 bridgehead atoms. The topological polar surface area (TPSA) is 55.6 Å². The first-order chi connectivity index (χ1) is 9.38. The van der Waals surface area contributed by atoms with Gasteiger partial charge in [0.25, 0.3) is 0 Å². The van der Waals surface area contributed by atoms with E-state index in [-0.39, 0.29) is 6.10 Å². The number of ether oxygens (including phenoxy) is 1. The van der Waals surface area contributed by atoms with Crippen molar-refractivity contribution in [2.24, 2.45) is 17.1 Å². The molecule has 0 spiro atoms. The second-order valence-electron chi connectivity index (χ2n) is 6.87. The van der Waals surface area contributed by atoms with Crippen LogP contribution in [-0.4, -0.2) is 43.2 Å². The third-order valence-corrected chi connectivity index (χ3v) is 4.42. The number of hydrogen-bond donors (Lipinski definition) is 1. The van der Waals surface area contributed by atoms with Gasteiger partial charge in [-0.25, -0.2) is 0 Å². The summed E-state index contributed by atoms with van der Waals surface area (Å²) in [5.41, 5.74) is 5.98. The molecule has 2 N–H and O–H groups in total. The second kappa shape index (κ2) is 7.99. The van der Waals surface area contributed by atoms with Crippen LogP contribution in [-0.2, 0) is 9.53 Å². The SMILES string of the molecule is CCOC(CN)CCN1CCC(C(C)(C)C)CCC1=O. The highest BCUT2D eigenvalue weighted by Crippen LogP contribution is 2.34. The van der Waals surface area contributed by atoms with Crippen LogP contribution in [0.15, 0.2) is 0 Å². The van der Waals surface area contributed by atoms with Crippen molar-refractivity contribution in [2.45, 2.75) is 59.5 Å². The number of carbonyl (C=O) groups excluding carboxylic acids is 1. The molecule has 2 unspecified atom stereocenters. The fourth-order valence-corrected chi connectivity index (χ4v) is 2.94. The number of likely N-dealkylation sites (tertiary alicyclic amines) is 1. The fourth-order valence-electron chi connectivity index (χ4n) is 2.94. The number of amides is 1. The molecule has 0 aliphatic carbocycles. The third-order valence-electron chi connectivity index (χ3n) is 4.42. The molecule has 20 heavy (non-hydrogen) atoms. The van der Waals surface area contributed by atoms with Crippen molar-refractivity contribution in [3.05, 3.63) is 0 Å². The van der Waals surface area contributed by atoms with E-state index in [0.717, 1.165) is 32.4 Å². The lowest BCUT2D eigenvalue weighted by Gasteiger charge is -2.29. The highest BCUT2D eigenvalue weighted by Gasteiger charge is 2.29. The molecular formula is C16H32N2O2. The van der Waals surface area contributed by atoms with Crippen LogP contribution >= 0.6 is 0 Å². The molecule has 1 saturated heterocycles. The van der Waals surface area contributed by atoms with Gasteiger partial charge < -0.3 is 15.4 Å². The molecule has 0 saturated carbocycles. The zero-order chi connectivity index (χ0) is 15.2. The van der Waals surface area contributed by atoms with Crippen molar-refractivity contribution in [3.8, 4) is 0 Å². The Morgan fingerprint density at radius 2 is 2.10 bits per heavy atom. The first kappa shape index (κ1) is 17.4. The lowest BCUT2D eigenvalue weighted by molar-refractivity contribution is -0.131. The van der Waals surface area contributed by atoms with Crippen LogP contribution in [0.2, 0.25) is 0 Å². The summed E-state index contributed by atoms with van der Waals surface area (Å²) in [4.78, 5) is 14.2. The average molecular weight is 284 g/mol. The fraction of sp³-hybridized carbons (Fsp3) is 0.938. The summed E-state index contributed by atoms with van der Waals surface area (Å²) in [7, 11) is 0. The van der Waals surface area contributed by atoms with E-state index in [0.29, 0.717) is 36.8 Å². The summed E-state index contributed by atoms with van der Waals surface area (Å²) in [6, 6.07) is 0. The molecule has 0 aromatic rings. The smallest absolute Gasteiger partial charge is 0.222 e. The number of nitrogens with zero attached hydrogens (tertiary/aromatic N) is 1. The van der Waals surface area contributed by atoms with Gasteiger partial charge in [-0.05, 0) is 37.5 Å². The van der Waals surface area contributed by atoms with Gasteiger partial charge in [0.05, 0.1) is 6.10 Å². The van der Waals surface area contributed by atoms with E-state index in [1.165, 1.54) is 0 Å². The highest BCUT2D eigenvalue weighted by molar-refractivity contribution is 5.76. The van der Waals surface area contributed by atoms with Gasteiger partial charge >= 0.3 is 0 Å². The lowest BCUT2D eigenvalue weighted by atomic mass is 9.77. The molecule has 118 valence electrons. The first-order valence-corrected chi connectivity index (χ1v) is 7.98. The van der Waals surface area contributed by atoms with Crippen molar-refractivity contribution >= 4 is 5.91 Å². The van der Waals surface area contributed by atoms with Crippen molar-refractivity contribution < 1.29 is 9.53 Å². The van der Waals surface area contributed by atoms with E-state index in [9.17, 15) is 4.79 Å². The minimum atomic E-state index is 0.0782. The molecule has 1 amide bonds. The predicted octanol–water partition coefficient (Wildman–Crippen LogP) is 2.42. The summed E-state index contributed by atoms with van der Waals surface area (Å²) < 4.78 is 5.56. The Balaban J connectivity index is 2.48. The van der Waals surface area contributed by atoms with Crippen LogP contribution in [0.1, 0.15) is 53.4 Å². The summed E-state index contributed by atoms with van der Waals surface area (Å²) in [5.74, 6) is 0.928. The van der Waals surface area contributed by atoms with Gasteiger partial charge in [-0.15, -0.1) is 0 Å². The van der Waals surface area contributed by atoms with Gasteiger partial charge in [0, 0.05) is 32.7 Å². The predicted molar refractivity (Wildman–Crippen MR) is 82.5 cm³/mol. The summed E-state index contributed by atoms with van der Waals surface area (Å²) >= 11 is 0. The van der Waals surface area contributed by atoms with E-state index in [1.54, 1.807) is 0 Å². The van der Waals surface area contributed by atoms with Gasteiger partial charge in [-0.3, -0.25) is 4.79 Å². The minimum Gasteiger partial charge on any atom is -0.377 e. The minimum absolute atomic E-state index is 0.0782. The Labute approximate surface area is 124 Å². The maximum Gasteiger partial charge on any atom is 0.222 e. The molecule has 2 atom stereocenters. The zero-order valence-corrected chi connectivity index (χ0v) is 13.7. The average Bonchev–Trinajstić information content (AvgIpc) is 2.56. The molecule has 1 aliphatic heterocycles. The lowest BCUT2D eigenvalue weighted by Crippen LogP contribution is -2.35. The van der Waals surface area contributed by atoms with Gasteiger partial charge in [0.15, 0.2) is 0 Å². The van der Waals surface area contributed by atoms with Gasteiger partial charge in [0.2, 0.25) is 5.91 Å². The molecule has 1 aliphatic rings. The molecule has 0 aromatic heterocycles. The van der Waals surface area contributed by atoms with E-state index in [2.05, 4.69) is 20.8 Å². The maximum absolute atomic E-state index is 12.2.